The Balaban J connectivity index is 0.974. The van der Waals surface area contributed by atoms with E-state index in [1.165, 1.54) is 46.5 Å². The molecule has 6 rings (SSSR count). The second-order valence-corrected chi connectivity index (χ2v) is 10.8. The number of aromatic hydroxyl groups is 1. The van der Waals surface area contributed by atoms with Gasteiger partial charge in [-0.3, -0.25) is 14.4 Å². The van der Waals surface area contributed by atoms with E-state index in [1.807, 2.05) is 30.3 Å². The minimum Gasteiger partial charge on any atom is -0.506 e. The molecule has 1 heterocycles. The van der Waals surface area contributed by atoms with Crippen molar-refractivity contribution in [3.63, 3.8) is 0 Å². The highest BCUT2D eigenvalue weighted by molar-refractivity contribution is 6.02. The molecule has 4 aromatic rings. The molecule has 1 saturated heterocycles. The number of fused-ring (bicyclic) bond motifs is 3. The minimum atomic E-state index is -0.839. The number of hydroxylamine groups is 2. The summed E-state index contributed by atoms with van der Waals surface area (Å²) in [6.45, 7) is 0.292. The molecule has 0 aromatic heterocycles. The molecular formula is C35H29N3O7. The molecule has 0 radical (unpaired) electrons. The molecule has 0 bridgehead atoms. The molecule has 226 valence electrons. The average molecular weight is 604 g/mol. The van der Waals surface area contributed by atoms with E-state index in [2.05, 4.69) is 34.5 Å². The van der Waals surface area contributed by atoms with Crippen LogP contribution in [-0.2, 0) is 30.4 Å². The Kier molecular flexibility index (Phi) is 8.45. The van der Waals surface area contributed by atoms with Gasteiger partial charge in [-0.1, -0.05) is 54.6 Å². The first-order valence-corrected chi connectivity index (χ1v) is 14.6. The van der Waals surface area contributed by atoms with Crippen molar-refractivity contribution in [2.24, 2.45) is 10.2 Å². The third kappa shape index (κ3) is 6.50. The van der Waals surface area contributed by atoms with Gasteiger partial charge in [-0.2, -0.15) is 5.11 Å². The molecule has 4 aromatic carbocycles. The second kappa shape index (κ2) is 12.9. The summed E-state index contributed by atoms with van der Waals surface area (Å²) in [5.74, 6) is -2.25. The number of carbonyl (C=O) groups excluding carboxylic acids is 4. The lowest BCUT2D eigenvalue weighted by atomic mass is 9.98. The third-order valence-corrected chi connectivity index (χ3v) is 7.82. The number of esters is 1. The summed E-state index contributed by atoms with van der Waals surface area (Å²) < 4.78 is 5.68. The lowest BCUT2D eigenvalue weighted by molar-refractivity contribution is -0.172. The van der Waals surface area contributed by atoms with Crippen molar-refractivity contribution in [1.82, 2.24) is 5.06 Å². The summed E-state index contributed by atoms with van der Waals surface area (Å²) in [5, 5.41) is 19.1. The number of benzene rings is 4. The molecule has 10 nitrogen and oxygen atoms in total. The smallest absolute Gasteiger partial charge is 0.363 e. The number of nitrogens with zero attached hydrogens (tertiary/aromatic N) is 3. The topological polar surface area (TPSA) is 135 Å². The highest BCUT2D eigenvalue weighted by atomic mass is 16.7. The standard InChI is InChI=1S/C35H29N3O7/c39-31-20-22(6-5-11-34(42)44-21-29-27-9-3-1-7-25(27)26-8-2-4-10-28(26)29)12-17-30(31)37-36-24-15-13-23(14-16-24)35(43)45-38-32(40)18-19-33(38)41/h1-4,7-10,12-17,20,29,39H,5-6,11,18-19,21H2. The number of imide groups is 1. The van der Waals surface area contributed by atoms with Gasteiger partial charge in [-0.25, -0.2) is 4.79 Å². The zero-order valence-electron chi connectivity index (χ0n) is 24.2. The van der Waals surface area contributed by atoms with E-state index in [-0.39, 0.29) is 48.2 Å². The Hall–Kier alpha value is -5.64. The Bertz CT molecular complexity index is 1750. The number of aryl methyl sites for hydroxylation is 1. The maximum Gasteiger partial charge on any atom is 0.363 e. The van der Waals surface area contributed by atoms with Gasteiger partial charge in [0.05, 0.1) is 11.3 Å². The number of azo groups is 1. The summed E-state index contributed by atoms with van der Waals surface area (Å²) in [6.07, 6.45) is 1.42. The van der Waals surface area contributed by atoms with Crippen LogP contribution in [0.2, 0.25) is 0 Å². The lowest BCUT2D eigenvalue weighted by Crippen LogP contribution is -2.32. The van der Waals surface area contributed by atoms with Crippen LogP contribution in [-0.4, -0.2) is 40.5 Å². The van der Waals surface area contributed by atoms with Gasteiger partial charge >= 0.3 is 11.9 Å². The van der Waals surface area contributed by atoms with Crippen LogP contribution in [0.1, 0.15) is 58.6 Å². The van der Waals surface area contributed by atoms with E-state index in [9.17, 15) is 24.3 Å². The average Bonchev–Trinajstić information content (AvgIpc) is 3.55. The van der Waals surface area contributed by atoms with Crippen LogP contribution in [0.5, 0.6) is 5.75 Å². The normalized spacial score (nSPS) is 14.1. The molecule has 0 unspecified atom stereocenters. The zero-order valence-corrected chi connectivity index (χ0v) is 24.2. The van der Waals surface area contributed by atoms with Crippen molar-refractivity contribution >= 4 is 35.1 Å². The van der Waals surface area contributed by atoms with Gasteiger partial charge in [0.15, 0.2) is 0 Å². The van der Waals surface area contributed by atoms with Crippen LogP contribution < -0.4 is 0 Å². The number of hydrogen-bond donors (Lipinski definition) is 1. The van der Waals surface area contributed by atoms with Crippen LogP contribution >= 0.6 is 0 Å². The van der Waals surface area contributed by atoms with Gasteiger partial charge in [-0.15, -0.1) is 10.2 Å². The van der Waals surface area contributed by atoms with Crippen LogP contribution in [0.3, 0.4) is 0 Å². The monoisotopic (exact) mass is 603 g/mol. The van der Waals surface area contributed by atoms with Crippen molar-refractivity contribution in [3.8, 4) is 16.9 Å². The molecule has 1 aliphatic heterocycles. The molecule has 2 aliphatic rings. The predicted molar refractivity (Wildman–Crippen MR) is 163 cm³/mol. The third-order valence-electron chi connectivity index (χ3n) is 7.82. The molecule has 1 N–H and O–H groups in total. The van der Waals surface area contributed by atoms with Gasteiger partial charge in [-0.05, 0) is 77.1 Å². The number of ether oxygens (including phenoxy) is 1. The Labute approximate surface area is 258 Å². The highest BCUT2D eigenvalue weighted by Gasteiger charge is 2.33. The van der Waals surface area contributed by atoms with E-state index >= 15 is 0 Å². The molecule has 0 spiro atoms. The molecule has 2 amide bonds. The Morgan fingerprint density at radius 1 is 0.822 bits per heavy atom. The maximum atomic E-state index is 12.6. The second-order valence-electron chi connectivity index (χ2n) is 10.8. The molecule has 0 saturated carbocycles. The zero-order chi connectivity index (χ0) is 31.3. The van der Waals surface area contributed by atoms with E-state index < -0.39 is 17.8 Å². The summed E-state index contributed by atoms with van der Waals surface area (Å²) in [7, 11) is 0. The van der Waals surface area contributed by atoms with E-state index in [0.29, 0.717) is 30.2 Å². The number of phenolic OH excluding ortho intramolecular Hbond substituents is 1. The van der Waals surface area contributed by atoms with Crippen LogP contribution in [0.15, 0.2) is 101 Å². The SMILES string of the molecule is O=C(CCCc1ccc(N=Nc2ccc(C(=O)ON3C(=O)CCC3=O)cc2)c(O)c1)OCC1c2ccccc2-c2ccccc21. The van der Waals surface area contributed by atoms with E-state index in [1.54, 1.807) is 12.1 Å². The highest BCUT2D eigenvalue weighted by Crippen LogP contribution is 2.44. The van der Waals surface area contributed by atoms with Crippen LogP contribution in [0, 0.1) is 0 Å². The lowest BCUT2D eigenvalue weighted by Gasteiger charge is -2.14. The fourth-order valence-corrected chi connectivity index (χ4v) is 5.50. The molecule has 0 atom stereocenters. The Morgan fingerprint density at radius 2 is 1.47 bits per heavy atom. The number of hydrogen-bond acceptors (Lipinski definition) is 9. The maximum absolute atomic E-state index is 12.6. The summed E-state index contributed by atoms with van der Waals surface area (Å²) in [5.41, 5.74) is 6.35. The molecule has 10 heteroatoms. The van der Waals surface area contributed by atoms with Gasteiger partial charge < -0.3 is 14.7 Å². The predicted octanol–water partition coefficient (Wildman–Crippen LogP) is 6.71. The Morgan fingerprint density at radius 3 is 2.11 bits per heavy atom. The fourth-order valence-electron chi connectivity index (χ4n) is 5.50. The van der Waals surface area contributed by atoms with Crippen LogP contribution in [0.4, 0.5) is 11.4 Å². The van der Waals surface area contributed by atoms with Gasteiger partial charge in [0.2, 0.25) is 0 Å². The summed E-state index contributed by atoms with van der Waals surface area (Å²) >= 11 is 0. The van der Waals surface area contributed by atoms with E-state index in [4.69, 9.17) is 9.57 Å². The largest absolute Gasteiger partial charge is 0.506 e. The quantitative estimate of drug-likeness (QED) is 0.121. The fraction of sp³-hybridized carbons (Fsp3) is 0.200. The van der Waals surface area contributed by atoms with Crippen molar-refractivity contribution in [2.75, 3.05) is 6.61 Å². The van der Waals surface area contributed by atoms with Crippen molar-refractivity contribution in [1.29, 1.82) is 0 Å². The van der Waals surface area contributed by atoms with Crippen LogP contribution in [0.25, 0.3) is 11.1 Å². The molecule has 45 heavy (non-hydrogen) atoms. The molecular weight excluding hydrogens is 574 g/mol. The number of carbonyl (C=O) groups is 4. The number of phenols is 1. The van der Waals surface area contributed by atoms with E-state index in [0.717, 1.165) is 5.56 Å². The first-order chi connectivity index (χ1) is 21.9. The number of rotatable bonds is 10. The first-order valence-electron chi connectivity index (χ1n) is 14.6. The summed E-state index contributed by atoms with van der Waals surface area (Å²) in [6, 6.07) is 27.4. The number of amides is 2. The van der Waals surface area contributed by atoms with Gasteiger partial charge in [0.25, 0.3) is 11.8 Å². The van der Waals surface area contributed by atoms with Crippen molar-refractivity contribution < 1.29 is 33.9 Å². The molecule has 1 fully saturated rings. The van der Waals surface area contributed by atoms with Crippen molar-refractivity contribution in [2.45, 2.75) is 38.0 Å². The minimum absolute atomic E-state index is 0.0144. The van der Waals surface area contributed by atoms with Gasteiger partial charge in [0, 0.05) is 25.2 Å². The molecule has 1 aliphatic carbocycles. The van der Waals surface area contributed by atoms with Crippen molar-refractivity contribution in [3.05, 3.63) is 113 Å². The summed E-state index contributed by atoms with van der Waals surface area (Å²) in [4.78, 5) is 53.0. The van der Waals surface area contributed by atoms with Gasteiger partial charge in [0.1, 0.15) is 18.0 Å². The first kappa shape index (κ1) is 29.4.